The third-order valence-corrected chi connectivity index (χ3v) is 3.25. The molecule has 0 spiro atoms. The maximum Gasteiger partial charge on any atom is 1.00 e. The van der Waals surface area contributed by atoms with Gasteiger partial charge in [0.2, 0.25) is 0 Å². The SMILES string of the molecule is F[B-](F)(F)CN1CCN(c2cccc(Cl)c2)CC1.[K+]. The largest absolute Gasteiger partial charge is 1.00 e. The van der Waals surface area contributed by atoms with Gasteiger partial charge in [0.25, 0.3) is 0 Å². The molecule has 19 heavy (non-hydrogen) atoms. The number of hydrogen-bond acceptors (Lipinski definition) is 2. The van der Waals surface area contributed by atoms with E-state index in [1.54, 1.807) is 6.07 Å². The first-order valence-electron chi connectivity index (χ1n) is 5.88. The van der Waals surface area contributed by atoms with Gasteiger partial charge in [-0.3, -0.25) is 0 Å². The monoisotopic (exact) mass is 316 g/mol. The third kappa shape index (κ3) is 5.95. The molecule has 0 atom stereocenters. The van der Waals surface area contributed by atoms with Gasteiger partial charge >= 0.3 is 58.4 Å². The standard InChI is InChI=1S/C11H14BClF3N2.K/c13-10-2-1-3-11(8-10)18-6-4-17(5-7-18)9-12(14,15)16;/h1-3,8H,4-7,9H2;/q-1;+1. The van der Waals surface area contributed by atoms with Crippen LogP contribution in [-0.4, -0.2) is 44.5 Å². The predicted octanol–water partition coefficient (Wildman–Crippen LogP) is -0.147. The molecule has 0 bridgehead atoms. The Balaban J connectivity index is 0.00000180. The van der Waals surface area contributed by atoms with E-state index < -0.39 is 13.4 Å². The topological polar surface area (TPSA) is 6.48 Å². The quantitative estimate of drug-likeness (QED) is 0.716. The van der Waals surface area contributed by atoms with Crippen LogP contribution in [0.1, 0.15) is 0 Å². The van der Waals surface area contributed by atoms with Gasteiger partial charge in [-0.15, -0.1) is 0 Å². The number of anilines is 1. The van der Waals surface area contributed by atoms with Crippen LogP contribution in [0.5, 0.6) is 0 Å². The molecule has 0 aliphatic carbocycles. The Morgan fingerprint density at radius 3 is 2.26 bits per heavy atom. The summed E-state index contributed by atoms with van der Waals surface area (Å²) in [6.07, 6.45) is -0.761. The first-order chi connectivity index (χ1) is 8.44. The minimum atomic E-state index is -4.72. The maximum atomic E-state index is 12.3. The van der Waals surface area contributed by atoms with Gasteiger partial charge in [-0.2, -0.15) is 0 Å². The van der Waals surface area contributed by atoms with Crippen molar-refractivity contribution in [1.82, 2.24) is 4.90 Å². The number of benzene rings is 1. The fourth-order valence-electron chi connectivity index (χ4n) is 2.15. The van der Waals surface area contributed by atoms with Crippen LogP contribution in [0.25, 0.3) is 0 Å². The number of nitrogens with zero attached hydrogens (tertiary/aromatic N) is 2. The number of piperazine rings is 1. The Bertz CT molecular complexity index is 411. The summed E-state index contributed by atoms with van der Waals surface area (Å²) in [5.74, 6) is 0. The van der Waals surface area contributed by atoms with Crippen molar-refractivity contribution in [2.75, 3.05) is 37.5 Å². The summed E-state index contributed by atoms with van der Waals surface area (Å²) >= 11 is 5.90. The predicted molar refractivity (Wildman–Crippen MR) is 69.2 cm³/mol. The summed E-state index contributed by atoms with van der Waals surface area (Å²) in [6, 6.07) is 7.40. The zero-order chi connectivity index (χ0) is 13.2. The molecule has 2 rings (SSSR count). The minimum absolute atomic E-state index is 0. The molecule has 0 amide bonds. The molecule has 0 unspecified atom stereocenters. The Labute approximate surface area is 158 Å². The molecule has 1 aliphatic heterocycles. The molecule has 1 saturated heterocycles. The van der Waals surface area contributed by atoms with E-state index in [2.05, 4.69) is 4.90 Å². The van der Waals surface area contributed by atoms with Gasteiger partial charge < -0.3 is 22.7 Å². The summed E-state index contributed by atoms with van der Waals surface area (Å²) in [5, 5.41) is 0.647. The van der Waals surface area contributed by atoms with Crippen LogP contribution in [0, 0.1) is 0 Å². The summed E-state index contributed by atoms with van der Waals surface area (Å²) < 4.78 is 36.9. The zero-order valence-corrected chi connectivity index (χ0v) is 14.7. The molecule has 1 fully saturated rings. The van der Waals surface area contributed by atoms with Crippen molar-refractivity contribution < 1.29 is 64.3 Å². The summed E-state index contributed by atoms with van der Waals surface area (Å²) in [7, 11) is 0. The second-order valence-electron chi connectivity index (χ2n) is 4.48. The number of hydrogen-bond donors (Lipinski definition) is 0. The molecule has 2 nitrogen and oxygen atoms in total. The average Bonchev–Trinajstić information content (AvgIpc) is 2.28. The average molecular weight is 317 g/mol. The minimum Gasteiger partial charge on any atom is -0.448 e. The van der Waals surface area contributed by atoms with Crippen molar-refractivity contribution in [3.8, 4) is 0 Å². The first-order valence-corrected chi connectivity index (χ1v) is 6.26. The van der Waals surface area contributed by atoms with Gasteiger partial charge in [0.1, 0.15) is 0 Å². The number of rotatable bonds is 3. The van der Waals surface area contributed by atoms with Gasteiger partial charge in [0.15, 0.2) is 0 Å². The fourth-order valence-corrected chi connectivity index (χ4v) is 2.34. The van der Waals surface area contributed by atoms with Crippen molar-refractivity contribution in [3.05, 3.63) is 29.3 Å². The molecule has 100 valence electrons. The van der Waals surface area contributed by atoms with Crippen LogP contribution in [0.2, 0.25) is 5.02 Å². The van der Waals surface area contributed by atoms with Crippen LogP contribution in [0.4, 0.5) is 18.6 Å². The van der Waals surface area contributed by atoms with Crippen LogP contribution >= 0.6 is 11.6 Å². The molecule has 0 aromatic heterocycles. The second-order valence-corrected chi connectivity index (χ2v) is 4.91. The second kappa shape index (κ2) is 7.68. The zero-order valence-electron chi connectivity index (χ0n) is 10.8. The fraction of sp³-hybridized carbons (Fsp3) is 0.455. The molecule has 0 N–H and O–H groups in total. The Morgan fingerprint density at radius 2 is 1.74 bits per heavy atom. The first kappa shape index (κ1) is 17.8. The van der Waals surface area contributed by atoms with E-state index in [9.17, 15) is 12.9 Å². The molecule has 8 heteroatoms. The molecule has 1 aromatic carbocycles. The molecular formula is C11H14BClF3KN2. The van der Waals surface area contributed by atoms with Crippen molar-refractivity contribution in [3.63, 3.8) is 0 Å². The van der Waals surface area contributed by atoms with E-state index in [1.807, 2.05) is 18.2 Å². The van der Waals surface area contributed by atoms with Crippen LogP contribution in [-0.2, 0) is 0 Å². The van der Waals surface area contributed by atoms with Crippen molar-refractivity contribution in [2.24, 2.45) is 0 Å². The van der Waals surface area contributed by atoms with E-state index in [1.165, 1.54) is 4.90 Å². The van der Waals surface area contributed by atoms with E-state index in [0.717, 1.165) is 5.69 Å². The van der Waals surface area contributed by atoms with Crippen molar-refractivity contribution >= 4 is 24.3 Å². The molecule has 1 heterocycles. The number of halogens is 4. The van der Waals surface area contributed by atoms with Gasteiger partial charge in [-0.05, 0) is 24.6 Å². The van der Waals surface area contributed by atoms with Crippen molar-refractivity contribution in [1.29, 1.82) is 0 Å². The molecule has 1 aliphatic rings. The summed E-state index contributed by atoms with van der Waals surface area (Å²) in [5.41, 5.74) is 0.972. The summed E-state index contributed by atoms with van der Waals surface area (Å²) in [4.78, 5) is 3.52. The van der Waals surface area contributed by atoms with Crippen LogP contribution in [0.3, 0.4) is 0 Å². The van der Waals surface area contributed by atoms with Gasteiger partial charge in [-0.1, -0.05) is 17.7 Å². The van der Waals surface area contributed by atoms with Gasteiger partial charge in [-0.25, -0.2) is 0 Å². The van der Waals surface area contributed by atoms with E-state index >= 15 is 0 Å². The Kier molecular flexibility index (Phi) is 7.20. The summed E-state index contributed by atoms with van der Waals surface area (Å²) in [6.45, 7) is -2.64. The van der Waals surface area contributed by atoms with E-state index in [0.29, 0.717) is 31.2 Å². The molecule has 0 radical (unpaired) electrons. The molecule has 1 aromatic rings. The molecule has 0 saturated carbocycles. The smallest absolute Gasteiger partial charge is 0.448 e. The van der Waals surface area contributed by atoms with E-state index in [4.69, 9.17) is 11.6 Å². The third-order valence-electron chi connectivity index (χ3n) is 3.01. The van der Waals surface area contributed by atoms with Crippen LogP contribution in [0.15, 0.2) is 24.3 Å². The van der Waals surface area contributed by atoms with E-state index in [-0.39, 0.29) is 51.4 Å². The maximum absolute atomic E-state index is 12.3. The molecular weight excluding hydrogens is 302 g/mol. The van der Waals surface area contributed by atoms with Gasteiger partial charge in [0, 0.05) is 36.9 Å². The Hall–Kier alpha value is 0.761. The van der Waals surface area contributed by atoms with Crippen LogP contribution < -0.4 is 56.3 Å². The van der Waals surface area contributed by atoms with Gasteiger partial charge in [0.05, 0.1) is 0 Å². The Morgan fingerprint density at radius 1 is 1.11 bits per heavy atom. The normalized spacial score (nSPS) is 17.2. The van der Waals surface area contributed by atoms with Crippen molar-refractivity contribution in [2.45, 2.75) is 0 Å².